The summed E-state index contributed by atoms with van der Waals surface area (Å²) in [5.41, 5.74) is 0.980. The Morgan fingerprint density at radius 2 is 1.60 bits per heavy atom. The van der Waals surface area contributed by atoms with Gasteiger partial charge < -0.3 is 28.7 Å². The first-order valence-electron chi connectivity index (χ1n) is 14.9. The number of ether oxygens (including phenoxy) is 4. The number of methoxy groups -OCH3 is 4. The van der Waals surface area contributed by atoms with Crippen LogP contribution in [0.1, 0.15) is 37.7 Å². The number of rotatable bonds is 7. The van der Waals surface area contributed by atoms with E-state index in [-0.39, 0.29) is 58.5 Å². The molecule has 4 atom stereocenters. The Balaban J connectivity index is 1.54. The van der Waals surface area contributed by atoms with E-state index in [1.807, 2.05) is 4.90 Å². The molecule has 45 heavy (non-hydrogen) atoms. The molecule has 0 spiro atoms. The average Bonchev–Trinajstić information content (AvgIpc) is 3.14. The summed E-state index contributed by atoms with van der Waals surface area (Å²) in [4.78, 5) is 43.8. The maximum Gasteiger partial charge on any atom is 0.330 e. The smallest absolute Gasteiger partial charge is 0.330 e. The topological polar surface area (TPSA) is 110 Å². The summed E-state index contributed by atoms with van der Waals surface area (Å²) in [5, 5.41) is 0.374. The summed E-state index contributed by atoms with van der Waals surface area (Å²) in [7, 11) is 7.97. The second-order valence-corrected chi connectivity index (χ2v) is 12.1. The molecule has 244 valence electrons. The van der Waals surface area contributed by atoms with Crippen LogP contribution < -0.4 is 24.2 Å². The highest BCUT2D eigenvalue weighted by molar-refractivity contribution is 6.42. The first-order chi connectivity index (χ1) is 21.7. The highest BCUT2D eigenvalue weighted by Gasteiger charge is 2.45. The van der Waals surface area contributed by atoms with Gasteiger partial charge in [-0.2, -0.15) is 4.98 Å². The minimum atomic E-state index is -0.378. The SMILES string of the molecule is C=CC(=O)N1CCCCCN(c2ncc3c(n2)N(C)C(=O)N(c2c(Cl)c(OC)cc(OC)c2Cl)C3)C2CC(OC)C(OC)CC21. The van der Waals surface area contributed by atoms with Crippen LogP contribution in [0.5, 0.6) is 11.5 Å². The van der Waals surface area contributed by atoms with E-state index < -0.39 is 0 Å². The predicted octanol–water partition coefficient (Wildman–Crippen LogP) is 4.94. The minimum Gasteiger partial charge on any atom is -0.495 e. The van der Waals surface area contributed by atoms with Gasteiger partial charge in [-0.05, 0) is 38.2 Å². The standard InChI is InChI=1S/C31H40Cl2N6O6/c1-7-25(40)37-11-9-8-10-12-38(20-14-22(43-4)21(42-3)13-19(20)37)30-34-16-18-17-39(31(41)36(2)29(18)35-30)28-26(32)23(44-5)15-24(45-6)27(28)33/h7,15-16,19-22H,1,8-14,17H2,2-6H3. The lowest BCUT2D eigenvalue weighted by molar-refractivity contribution is -0.134. The van der Waals surface area contributed by atoms with E-state index in [4.69, 9.17) is 52.1 Å². The number of nitrogens with zero attached hydrogens (tertiary/aromatic N) is 6. The Morgan fingerprint density at radius 3 is 2.20 bits per heavy atom. The van der Waals surface area contributed by atoms with E-state index in [2.05, 4.69) is 11.5 Å². The van der Waals surface area contributed by atoms with Crippen LogP contribution in [-0.2, 0) is 20.8 Å². The molecule has 3 aliphatic rings. The monoisotopic (exact) mass is 662 g/mol. The molecule has 1 saturated carbocycles. The molecule has 14 heteroatoms. The Hall–Kier alpha value is -3.32. The maximum absolute atomic E-state index is 13.9. The molecule has 1 aliphatic carbocycles. The largest absolute Gasteiger partial charge is 0.495 e. The number of amides is 3. The number of carbonyl (C=O) groups is 2. The molecule has 3 amide bonds. The van der Waals surface area contributed by atoms with Crippen molar-refractivity contribution in [1.29, 1.82) is 0 Å². The van der Waals surface area contributed by atoms with Crippen molar-refractivity contribution in [2.24, 2.45) is 0 Å². The second-order valence-electron chi connectivity index (χ2n) is 11.3. The summed E-state index contributed by atoms with van der Waals surface area (Å²) in [6.07, 6.45) is 6.66. The van der Waals surface area contributed by atoms with Crippen LogP contribution in [0.15, 0.2) is 24.9 Å². The van der Waals surface area contributed by atoms with E-state index in [1.54, 1.807) is 33.5 Å². The number of anilines is 3. The van der Waals surface area contributed by atoms with Gasteiger partial charge in [-0.3, -0.25) is 14.6 Å². The van der Waals surface area contributed by atoms with Gasteiger partial charge in [-0.1, -0.05) is 29.8 Å². The van der Waals surface area contributed by atoms with Gasteiger partial charge in [0, 0.05) is 52.2 Å². The Kier molecular flexibility index (Phi) is 10.3. The lowest BCUT2D eigenvalue weighted by Gasteiger charge is -2.48. The molecule has 0 N–H and O–H groups in total. The Bertz CT molecular complexity index is 1420. The third kappa shape index (κ3) is 6.13. The summed E-state index contributed by atoms with van der Waals surface area (Å²) in [5.74, 6) is 1.50. The van der Waals surface area contributed by atoms with Gasteiger partial charge in [-0.15, -0.1) is 0 Å². The number of benzene rings is 1. The fourth-order valence-corrected chi connectivity index (χ4v) is 7.40. The summed E-state index contributed by atoms with van der Waals surface area (Å²) >= 11 is 13.3. The summed E-state index contributed by atoms with van der Waals surface area (Å²) in [6.45, 7) is 5.21. The lowest BCUT2D eigenvalue weighted by Crippen LogP contribution is -2.61. The van der Waals surface area contributed by atoms with Crippen molar-refractivity contribution in [2.45, 2.75) is 62.9 Å². The number of hydrogen-bond acceptors (Lipinski definition) is 9. The molecule has 2 aromatic rings. The molecule has 1 saturated heterocycles. The quantitative estimate of drug-likeness (QED) is 0.381. The van der Waals surface area contributed by atoms with Crippen LogP contribution in [0.3, 0.4) is 0 Å². The molecular weight excluding hydrogens is 623 g/mol. The van der Waals surface area contributed by atoms with Gasteiger partial charge in [0.25, 0.3) is 0 Å². The first-order valence-corrected chi connectivity index (χ1v) is 15.7. The van der Waals surface area contributed by atoms with Crippen LogP contribution in [0, 0.1) is 0 Å². The van der Waals surface area contributed by atoms with Gasteiger partial charge >= 0.3 is 6.03 Å². The van der Waals surface area contributed by atoms with E-state index >= 15 is 0 Å². The first kappa shape index (κ1) is 33.1. The third-order valence-electron chi connectivity index (χ3n) is 9.04. The number of fused-ring (bicyclic) bond motifs is 2. The third-order valence-corrected chi connectivity index (χ3v) is 9.77. The highest BCUT2D eigenvalue weighted by atomic mass is 35.5. The average molecular weight is 664 g/mol. The van der Waals surface area contributed by atoms with Crippen LogP contribution >= 0.6 is 23.2 Å². The van der Waals surface area contributed by atoms with Gasteiger partial charge in [-0.25, -0.2) is 9.78 Å². The molecular formula is C31H40Cl2N6O6. The molecule has 2 fully saturated rings. The van der Waals surface area contributed by atoms with Crippen molar-refractivity contribution in [2.75, 3.05) is 63.3 Å². The zero-order valence-electron chi connectivity index (χ0n) is 26.3. The van der Waals surface area contributed by atoms with Crippen molar-refractivity contribution in [1.82, 2.24) is 14.9 Å². The van der Waals surface area contributed by atoms with Gasteiger partial charge in [0.2, 0.25) is 11.9 Å². The fourth-order valence-electron chi connectivity index (χ4n) is 6.69. The zero-order valence-corrected chi connectivity index (χ0v) is 27.8. The minimum absolute atomic E-state index is 0.110. The molecule has 0 bridgehead atoms. The van der Waals surface area contributed by atoms with Crippen LogP contribution in [0.2, 0.25) is 10.0 Å². The molecule has 5 rings (SSSR count). The van der Waals surface area contributed by atoms with Crippen LogP contribution in [0.4, 0.5) is 22.2 Å². The highest BCUT2D eigenvalue weighted by Crippen LogP contribution is 2.48. The van der Waals surface area contributed by atoms with Crippen LogP contribution in [-0.4, -0.2) is 99.7 Å². The molecule has 12 nitrogen and oxygen atoms in total. The van der Waals surface area contributed by atoms with Gasteiger partial charge in [0.1, 0.15) is 27.4 Å². The van der Waals surface area contributed by atoms with Gasteiger partial charge in [0.05, 0.1) is 50.7 Å². The van der Waals surface area contributed by atoms with Gasteiger partial charge in [0.15, 0.2) is 0 Å². The van der Waals surface area contributed by atoms with E-state index in [1.165, 1.54) is 30.1 Å². The van der Waals surface area contributed by atoms with E-state index in [0.717, 1.165) is 19.3 Å². The molecule has 4 unspecified atom stereocenters. The van der Waals surface area contributed by atoms with Crippen molar-refractivity contribution in [3.05, 3.63) is 40.5 Å². The number of halogens is 2. The predicted molar refractivity (Wildman–Crippen MR) is 173 cm³/mol. The fraction of sp³-hybridized carbons (Fsp3) is 0.548. The normalized spacial score (nSPS) is 23.8. The second kappa shape index (κ2) is 14.0. The molecule has 1 aromatic heterocycles. The summed E-state index contributed by atoms with van der Waals surface area (Å²) in [6, 6.07) is 0.875. The van der Waals surface area contributed by atoms with E-state index in [9.17, 15) is 9.59 Å². The number of aromatic nitrogens is 2. The van der Waals surface area contributed by atoms with Crippen molar-refractivity contribution in [3.8, 4) is 11.5 Å². The van der Waals surface area contributed by atoms with Crippen molar-refractivity contribution in [3.63, 3.8) is 0 Å². The molecule has 0 radical (unpaired) electrons. The molecule has 1 aromatic carbocycles. The van der Waals surface area contributed by atoms with E-state index in [0.29, 0.717) is 54.8 Å². The van der Waals surface area contributed by atoms with Crippen molar-refractivity contribution >= 4 is 52.6 Å². The lowest BCUT2D eigenvalue weighted by atomic mass is 9.83. The summed E-state index contributed by atoms with van der Waals surface area (Å²) < 4.78 is 22.5. The number of urea groups is 1. The maximum atomic E-state index is 13.9. The molecule has 3 heterocycles. The van der Waals surface area contributed by atoms with Crippen molar-refractivity contribution < 1.29 is 28.5 Å². The Morgan fingerprint density at radius 1 is 0.978 bits per heavy atom. The number of carbonyl (C=O) groups excluding carboxylic acids is 2. The Labute approximate surface area is 273 Å². The zero-order chi connectivity index (χ0) is 32.4. The van der Waals surface area contributed by atoms with Crippen LogP contribution in [0.25, 0.3) is 0 Å². The number of hydrogen-bond donors (Lipinski definition) is 0. The molecule has 2 aliphatic heterocycles.